The second kappa shape index (κ2) is 6.92. The molecule has 3 aliphatic heterocycles. The molecule has 0 radical (unpaired) electrons. The van der Waals surface area contributed by atoms with Crippen LogP contribution in [0.3, 0.4) is 0 Å². The fourth-order valence-electron chi connectivity index (χ4n) is 5.65. The average molecular weight is 396 g/mol. The van der Waals surface area contributed by atoms with E-state index in [2.05, 4.69) is 16.3 Å². The van der Waals surface area contributed by atoms with Gasteiger partial charge in [-0.3, -0.25) is 24.6 Å². The molecule has 1 saturated carbocycles. The molecule has 3 fully saturated rings. The van der Waals surface area contributed by atoms with E-state index in [-0.39, 0.29) is 24.1 Å². The molecule has 4 aliphatic rings. The maximum absolute atomic E-state index is 13.0. The molecule has 7 nitrogen and oxygen atoms in total. The molecule has 7 heteroatoms. The summed E-state index contributed by atoms with van der Waals surface area (Å²) >= 11 is 0. The van der Waals surface area contributed by atoms with Gasteiger partial charge in [0.05, 0.1) is 0 Å². The first-order valence-corrected chi connectivity index (χ1v) is 10.7. The summed E-state index contributed by atoms with van der Waals surface area (Å²) in [5.74, 6) is -0.159. The number of amides is 3. The van der Waals surface area contributed by atoms with Crippen molar-refractivity contribution in [2.24, 2.45) is 11.7 Å². The van der Waals surface area contributed by atoms with Crippen molar-refractivity contribution in [3.63, 3.8) is 0 Å². The normalized spacial score (nSPS) is 28.6. The maximum atomic E-state index is 13.0. The molecule has 5 rings (SSSR count). The van der Waals surface area contributed by atoms with Gasteiger partial charge in [-0.05, 0) is 61.8 Å². The van der Waals surface area contributed by atoms with Crippen LogP contribution in [0.25, 0.3) is 0 Å². The van der Waals surface area contributed by atoms with Crippen molar-refractivity contribution < 1.29 is 14.4 Å². The van der Waals surface area contributed by atoms with E-state index >= 15 is 0 Å². The van der Waals surface area contributed by atoms with Crippen molar-refractivity contribution in [2.45, 2.75) is 63.2 Å². The van der Waals surface area contributed by atoms with Gasteiger partial charge in [0.15, 0.2) is 0 Å². The first kappa shape index (κ1) is 18.8. The van der Waals surface area contributed by atoms with Crippen LogP contribution >= 0.6 is 0 Å². The largest absolute Gasteiger partial charge is 0.330 e. The Balaban J connectivity index is 1.33. The number of nitrogens with two attached hydrogens (primary N) is 1. The third-order valence-corrected chi connectivity index (χ3v) is 7.40. The predicted molar refractivity (Wildman–Crippen MR) is 107 cm³/mol. The smallest absolute Gasteiger partial charge is 0.255 e. The van der Waals surface area contributed by atoms with E-state index in [1.54, 1.807) is 4.90 Å². The van der Waals surface area contributed by atoms with Crippen molar-refractivity contribution in [1.82, 2.24) is 15.1 Å². The fourth-order valence-corrected chi connectivity index (χ4v) is 5.65. The van der Waals surface area contributed by atoms with Gasteiger partial charge in [-0.25, -0.2) is 0 Å². The predicted octanol–water partition coefficient (Wildman–Crippen LogP) is 1.15. The maximum Gasteiger partial charge on any atom is 0.255 e. The Hall–Kier alpha value is -2.25. The Bertz CT molecular complexity index is 879. The Morgan fingerprint density at radius 2 is 2.03 bits per heavy atom. The molecule has 29 heavy (non-hydrogen) atoms. The molecule has 2 unspecified atom stereocenters. The van der Waals surface area contributed by atoms with Gasteiger partial charge in [0.1, 0.15) is 6.04 Å². The Morgan fingerprint density at radius 1 is 1.21 bits per heavy atom. The number of piperidine rings is 1. The van der Waals surface area contributed by atoms with Gasteiger partial charge in [-0.1, -0.05) is 12.1 Å². The number of rotatable bonds is 4. The number of nitrogens with zero attached hydrogens (tertiary/aromatic N) is 2. The molecule has 154 valence electrons. The van der Waals surface area contributed by atoms with Crippen molar-refractivity contribution >= 4 is 17.7 Å². The SMILES string of the molecule is NCC1CN(Cc2ccc3c(c2)C(=O)N(C2CCC(=O)NC2=O)C3)C2(CCC2)C1. The van der Waals surface area contributed by atoms with Gasteiger partial charge in [-0.2, -0.15) is 0 Å². The summed E-state index contributed by atoms with van der Waals surface area (Å²) in [6.45, 7) is 3.05. The Kier molecular flexibility index (Phi) is 4.47. The number of fused-ring (bicyclic) bond motifs is 1. The van der Waals surface area contributed by atoms with Crippen molar-refractivity contribution in [3.05, 3.63) is 34.9 Å². The fraction of sp³-hybridized carbons (Fsp3) is 0.591. The minimum absolute atomic E-state index is 0.101. The van der Waals surface area contributed by atoms with Crippen LogP contribution in [0.1, 0.15) is 60.0 Å². The summed E-state index contributed by atoms with van der Waals surface area (Å²) in [6, 6.07) is 5.59. The minimum atomic E-state index is -0.557. The van der Waals surface area contributed by atoms with Crippen molar-refractivity contribution in [2.75, 3.05) is 13.1 Å². The van der Waals surface area contributed by atoms with Gasteiger partial charge < -0.3 is 10.6 Å². The van der Waals surface area contributed by atoms with Crippen molar-refractivity contribution in [3.8, 4) is 0 Å². The number of hydrogen-bond donors (Lipinski definition) is 2. The first-order valence-electron chi connectivity index (χ1n) is 10.7. The molecule has 2 saturated heterocycles. The monoisotopic (exact) mass is 396 g/mol. The lowest BCUT2D eigenvalue weighted by molar-refractivity contribution is -0.136. The Morgan fingerprint density at radius 3 is 2.72 bits per heavy atom. The molecule has 1 aromatic rings. The zero-order valence-electron chi connectivity index (χ0n) is 16.7. The number of nitrogens with one attached hydrogen (secondary N) is 1. The van der Waals surface area contributed by atoms with Gasteiger partial charge in [0.2, 0.25) is 11.8 Å². The molecule has 3 N–H and O–H groups in total. The van der Waals surface area contributed by atoms with Crippen LogP contribution in [0.5, 0.6) is 0 Å². The van der Waals surface area contributed by atoms with E-state index < -0.39 is 6.04 Å². The molecule has 2 atom stereocenters. The lowest BCUT2D eigenvalue weighted by Gasteiger charge is -2.46. The summed E-state index contributed by atoms with van der Waals surface area (Å²) in [7, 11) is 0. The first-order chi connectivity index (χ1) is 14.0. The second-order valence-corrected chi connectivity index (χ2v) is 9.16. The van der Waals surface area contributed by atoms with E-state index in [1.807, 2.05) is 12.1 Å². The highest BCUT2D eigenvalue weighted by Crippen LogP contribution is 2.48. The number of imide groups is 1. The van der Waals surface area contributed by atoms with Gasteiger partial charge in [0.25, 0.3) is 5.91 Å². The third-order valence-electron chi connectivity index (χ3n) is 7.40. The lowest BCUT2D eigenvalue weighted by atomic mass is 9.73. The van der Waals surface area contributed by atoms with E-state index in [1.165, 1.54) is 25.7 Å². The summed E-state index contributed by atoms with van der Waals surface area (Å²) in [4.78, 5) is 40.9. The van der Waals surface area contributed by atoms with E-state index in [4.69, 9.17) is 5.73 Å². The zero-order valence-corrected chi connectivity index (χ0v) is 16.7. The molecule has 3 amide bonds. The van der Waals surface area contributed by atoms with E-state index in [0.717, 1.165) is 30.8 Å². The van der Waals surface area contributed by atoms with Crippen molar-refractivity contribution in [1.29, 1.82) is 0 Å². The van der Waals surface area contributed by atoms with Crippen LogP contribution in [-0.4, -0.2) is 52.2 Å². The second-order valence-electron chi connectivity index (χ2n) is 9.16. The minimum Gasteiger partial charge on any atom is -0.330 e. The number of carbonyl (C=O) groups excluding carboxylic acids is 3. The van der Waals surface area contributed by atoms with Gasteiger partial charge >= 0.3 is 0 Å². The number of carbonyl (C=O) groups is 3. The molecule has 0 bridgehead atoms. The molecule has 0 aromatic heterocycles. The topological polar surface area (TPSA) is 95.7 Å². The van der Waals surface area contributed by atoms with Crippen LogP contribution in [0.15, 0.2) is 18.2 Å². The highest BCUT2D eigenvalue weighted by Gasteiger charge is 2.48. The summed E-state index contributed by atoms with van der Waals surface area (Å²) in [6.07, 6.45) is 5.65. The van der Waals surface area contributed by atoms with Crippen LogP contribution < -0.4 is 11.1 Å². The molecule has 1 aromatic carbocycles. The standard InChI is InChI=1S/C22H28N4O3/c23-10-15-9-22(6-1-7-22)25(12-15)11-14-2-3-16-13-26(21(29)17(16)8-14)18-4-5-19(27)24-20(18)28/h2-3,8,15,18H,1,4-7,9-13,23H2,(H,24,27,28). The van der Waals surface area contributed by atoms with Crippen LogP contribution in [0.4, 0.5) is 0 Å². The van der Waals surface area contributed by atoms with Crippen LogP contribution in [0.2, 0.25) is 0 Å². The molecule has 1 aliphatic carbocycles. The quantitative estimate of drug-likeness (QED) is 0.745. The van der Waals surface area contributed by atoms with E-state index in [0.29, 0.717) is 30.0 Å². The van der Waals surface area contributed by atoms with Gasteiger partial charge in [-0.15, -0.1) is 0 Å². The molecule has 3 heterocycles. The number of benzene rings is 1. The highest BCUT2D eigenvalue weighted by atomic mass is 16.2. The van der Waals surface area contributed by atoms with Crippen LogP contribution in [0, 0.1) is 5.92 Å². The van der Waals surface area contributed by atoms with Crippen LogP contribution in [-0.2, 0) is 22.7 Å². The number of hydrogen-bond acceptors (Lipinski definition) is 5. The molecular formula is C22H28N4O3. The summed E-state index contributed by atoms with van der Waals surface area (Å²) < 4.78 is 0. The van der Waals surface area contributed by atoms with E-state index in [9.17, 15) is 14.4 Å². The number of likely N-dealkylation sites (tertiary alicyclic amines) is 1. The molecular weight excluding hydrogens is 368 g/mol. The molecule has 1 spiro atoms. The lowest BCUT2D eigenvalue weighted by Crippen LogP contribution is -2.52. The zero-order chi connectivity index (χ0) is 20.2. The summed E-state index contributed by atoms with van der Waals surface area (Å²) in [5, 5.41) is 2.36. The summed E-state index contributed by atoms with van der Waals surface area (Å²) in [5.41, 5.74) is 9.07. The highest BCUT2D eigenvalue weighted by molar-refractivity contribution is 6.05. The Labute approximate surface area is 170 Å². The third kappa shape index (κ3) is 3.07. The van der Waals surface area contributed by atoms with Gasteiger partial charge in [0, 0.05) is 37.2 Å². The average Bonchev–Trinajstić information content (AvgIpc) is 3.20.